The lowest BCUT2D eigenvalue weighted by Gasteiger charge is -2.56. The van der Waals surface area contributed by atoms with Gasteiger partial charge in [0.15, 0.2) is 0 Å². The quantitative estimate of drug-likeness (QED) is 0.113. The monoisotopic (exact) mass is 592 g/mol. The van der Waals surface area contributed by atoms with Crippen LogP contribution in [0.5, 0.6) is 0 Å². The molecule has 4 aliphatic carbocycles. The van der Waals surface area contributed by atoms with Gasteiger partial charge < -0.3 is 10.2 Å². The molecule has 0 aromatic carbocycles. The lowest BCUT2D eigenvalue weighted by Crippen LogP contribution is -2.48. The fraction of sp³-hybridized carbons (Fsp3) is 0.775. The molecule has 0 spiro atoms. The minimum atomic E-state index is -0.848. The van der Waals surface area contributed by atoms with E-state index >= 15 is 0 Å². The number of carboxylic acid groups (broad SMARTS) is 1. The number of rotatable bonds is 15. The normalized spacial score (nSPS) is 35.4. The van der Waals surface area contributed by atoms with E-state index in [4.69, 9.17) is 5.11 Å². The molecule has 0 aliphatic heterocycles. The summed E-state index contributed by atoms with van der Waals surface area (Å²) >= 11 is 0. The van der Waals surface area contributed by atoms with Crippen LogP contribution in [0.4, 0.5) is 0 Å². The number of aliphatic hydroxyl groups is 1. The summed E-state index contributed by atoms with van der Waals surface area (Å²) in [5, 5.41) is 19.9. The van der Waals surface area contributed by atoms with Crippen LogP contribution in [0, 0.1) is 52.3 Å². The van der Waals surface area contributed by atoms with Gasteiger partial charge in [-0.25, -0.2) is 4.79 Å². The van der Waals surface area contributed by atoms with Gasteiger partial charge in [-0.2, -0.15) is 0 Å². The SMILES string of the molecule is CC(C)[C@@H](C)C=C[C@@H](C)[C@H]1CC[C@H]2C3=CC=C4C[C@@H](O)C(CCCCCCCCC/C=C/C(=O)O)C[C@]4(C)[C@H]3CC[C@]12C. The zero-order valence-corrected chi connectivity index (χ0v) is 28.5. The number of carboxylic acids is 1. The first-order chi connectivity index (χ1) is 20.5. The average molecular weight is 593 g/mol. The summed E-state index contributed by atoms with van der Waals surface area (Å²) < 4.78 is 0. The van der Waals surface area contributed by atoms with E-state index in [1.165, 1.54) is 75.9 Å². The molecule has 4 aliphatic rings. The smallest absolute Gasteiger partial charge is 0.327 e. The first-order valence-electron chi connectivity index (χ1n) is 18.1. The van der Waals surface area contributed by atoms with Crippen LogP contribution in [0.3, 0.4) is 0 Å². The molecule has 4 rings (SSSR count). The molecule has 2 N–H and O–H groups in total. The molecular formula is C40H64O3. The van der Waals surface area contributed by atoms with Gasteiger partial charge in [0.05, 0.1) is 6.10 Å². The molecular weight excluding hydrogens is 528 g/mol. The van der Waals surface area contributed by atoms with Crippen LogP contribution in [0.15, 0.2) is 47.6 Å². The van der Waals surface area contributed by atoms with Crippen LogP contribution in [0.2, 0.25) is 0 Å². The van der Waals surface area contributed by atoms with E-state index in [-0.39, 0.29) is 11.5 Å². The zero-order chi connectivity index (χ0) is 31.2. The van der Waals surface area contributed by atoms with E-state index in [9.17, 15) is 9.90 Å². The molecule has 0 radical (unpaired) electrons. The maximum absolute atomic E-state index is 11.2. The van der Waals surface area contributed by atoms with Crippen LogP contribution >= 0.6 is 0 Å². The molecule has 0 aromatic heterocycles. The Morgan fingerprint density at radius 1 is 0.930 bits per heavy atom. The molecule has 3 fully saturated rings. The average Bonchev–Trinajstić information content (AvgIpc) is 3.32. The van der Waals surface area contributed by atoms with Crippen LogP contribution in [-0.4, -0.2) is 22.3 Å². The molecule has 0 aromatic rings. The number of allylic oxidation sites excluding steroid dienone is 6. The summed E-state index contributed by atoms with van der Waals surface area (Å²) in [6.45, 7) is 14.7. The molecule has 1 unspecified atom stereocenters. The Kier molecular flexibility index (Phi) is 12.0. The number of fused-ring (bicyclic) bond motifs is 5. The molecule has 0 amide bonds. The Bertz CT molecular complexity index is 1050. The Morgan fingerprint density at radius 2 is 1.63 bits per heavy atom. The zero-order valence-electron chi connectivity index (χ0n) is 28.5. The van der Waals surface area contributed by atoms with Gasteiger partial charge in [0, 0.05) is 6.08 Å². The van der Waals surface area contributed by atoms with Gasteiger partial charge >= 0.3 is 5.97 Å². The third-order valence-electron chi connectivity index (χ3n) is 12.9. The third-order valence-corrected chi connectivity index (χ3v) is 12.9. The van der Waals surface area contributed by atoms with Crippen LogP contribution in [-0.2, 0) is 4.79 Å². The fourth-order valence-corrected chi connectivity index (χ4v) is 9.81. The first kappa shape index (κ1) is 34.3. The minimum absolute atomic E-state index is 0.182. The number of carbonyl (C=O) groups is 1. The van der Waals surface area contributed by atoms with Crippen molar-refractivity contribution >= 4 is 5.97 Å². The lowest BCUT2D eigenvalue weighted by molar-refractivity contribution is -0.131. The molecule has 3 heteroatoms. The van der Waals surface area contributed by atoms with Crippen molar-refractivity contribution in [3.05, 3.63) is 47.6 Å². The molecule has 0 bridgehead atoms. The van der Waals surface area contributed by atoms with Crippen molar-refractivity contribution in [2.45, 2.75) is 144 Å². The van der Waals surface area contributed by atoms with Gasteiger partial charge in [-0.1, -0.05) is 122 Å². The molecule has 3 nitrogen and oxygen atoms in total. The van der Waals surface area contributed by atoms with Gasteiger partial charge in [-0.15, -0.1) is 0 Å². The second-order valence-electron chi connectivity index (χ2n) is 16.0. The fourth-order valence-electron chi connectivity index (χ4n) is 9.81. The Hall–Kier alpha value is -1.61. The molecule has 43 heavy (non-hydrogen) atoms. The summed E-state index contributed by atoms with van der Waals surface area (Å²) in [4.78, 5) is 10.5. The summed E-state index contributed by atoms with van der Waals surface area (Å²) in [6, 6.07) is 0. The topological polar surface area (TPSA) is 57.5 Å². The predicted molar refractivity (Wildman–Crippen MR) is 181 cm³/mol. The second kappa shape index (κ2) is 15.1. The number of unbranched alkanes of at least 4 members (excludes halogenated alkanes) is 7. The van der Waals surface area contributed by atoms with E-state index in [1.807, 2.05) is 0 Å². The van der Waals surface area contributed by atoms with E-state index in [1.54, 1.807) is 11.6 Å². The Balaban J connectivity index is 1.29. The van der Waals surface area contributed by atoms with E-state index in [2.05, 4.69) is 65.8 Å². The number of hydrogen-bond donors (Lipinski definition) is 2. The highest BCUT2D eigenvalue weighted by atomic mass is 16.4. The van der Waals surface area contributed by atoms with Crippen molar-refractivity contribution in [3.63, 3.8) is 0 Å². The van der Waals surface area contributed by atoms with Crippen molar-refractivity contribution < 1.29 is 15.0 Å². The highest BCUT2D eigenvalue weighted by Gasteiger charge is 2.57. The van der Waals surface area contributed by atoms with Gasteiger partial charge in [0.25, 0.3) is 0 Å². The number of hydrogen-bond acceptors (Lipinski definition) is 2. The summed E-state index contributed by atoms with van der Waals surface area (Å²) in [6.07, 6.45) is 30.9. The molecule has 0 saturated heterocycles. The van der Waals surface area contributed by atoms with E-state index in [0.29, 0.717) is 35.0 Å². The van der Waals surface area contributed by atoms with Gasteiger partial charge in [0.2, 0.25) is 0 Å². The molecule has 9 atom stereocenters. The molecule has 242 valence electrons. The van der Waals surface area contributed by atoms with E-state index < -0.39 is 5.97 Å². The number of aliphatic hydroxyl groups excluding tert-OH is 1. The lowest BCUT2D eigenvalue weighted by atomic mass is 9.49. The first-order valence-corrected chi connectivity index (χ1v) is 18.1. The highest BCUT2D eigenvalue weighted by molar-refractivity contribution is 5.79. The van der Waals surface area contributed by atoms with Gasteiger partial charge in [0.1, 0.15) is 0 Å². The summed E-state index contributed by atoms with van der Waals surface area (Å²) in [7, 11) is 0. The van der Waals surface area contributed by atoms with Crippen molar-refractivity contribution in [2.75, 3.05) is 0 Å². The van der Waals surface area contributed by atoms with E-state index in [0.717, 1.165) is 43.9 Å². The van der Waals surface area contributed by atoms with Crippen molar-refractivity contribution in [1.29, 1.82) is 0 Å². The highest BCUT2D eigenvalue weighted by Crippen LogP contribution is 2.66. The van der Waals surface area contributed by atoms with Crippen molar-refractivity contribution in [2.24, 2.45) is 52.3 Å². The van der Waals surface area contributed by atoms with Crippen molar-refractivity contribution in [3.8, 4) is 0 Å². The maximum Gasteiger partial charge on any atom is 0.327 e. The van der Waals surface area contributed by atoms with Crippen molar-refractivity contribution in [1.82, 2.24) is 0 Å². The second-order valence-corrected chi connectivity index (χ2v) is 16.0. The standard InChI is InChI=1S/C40H64O3/c1-28(2)29(3)18-19-30(4)34-22-23-35-33-21-20-32-26-37(41)31(27-40(32,6)36(33)24-25-39(34,35)5)16-14-12-10-8-7-9-11-13-15-17-38(42)43/h15,17-21,28-31,34-37,41H,7-14,16,22-27H2,1-6H3,(H,42,43)/b17-15+,19-18?/t29-,30+,31?,34+,35-,36-,37+,39+,40-/m0/s1. The van der Waals surface area contributed by atoms with Gasteiger partial charge in [-0.05, 0) is 110 Å². The van der Waals surface area contributed by atoms with Gasteiger partial charge in [-0.3, -0.25) is 0 Å². The summed E-state index contributed by atoms with van der Waals surface area (Å²) in [5.41, 5.74) is 3.93. The van der Waals surface area contributed by atoms with Crippen LogP contribution in [0.1, 0.15) is 138 Å². The number of aliphatic carboxylic acids is 1. The van der Waals surface area contributed by atoms with Crippen LogP contribution < -0.4 is 0 Å². The third kappa shape index (κ3) is 7.98. The maximum atomic E-state index is 11.2. The Morgan fingerprint density at radius 3 is 2.33 bits per heavy atom. The molecule has 3 saturated carbocycles. The minimum Gasteiger partial charge on any atom is -0.478 e. The van der Waals surface area contributed by atoms with Crippen LogP contribution in [0.25, 0.3) is 0 Å². The Labute approximate surface area is 264 Å². The largest absolute Gasteiger partial charge is 0.478 e. The molecule has 0 heterocycles. The predicted octanol–water partition coefficient (Wildman–Crippen LogP) is 10.7. The summed E-state index contributed by atoms with van der Waals surface area (Å²) in [5.74, 6) is 3.75.